The van der Waals surface area contributed by atoms with Crippen molar-refractivity contribution in [2.45, 2.75) is 13.8 Å². The molecule has 0 atom stereocenters. The number of aromatic nitrogens is 1. The van der Waals surface area contributed by atoms with Gasteiger partial charge in [-0.3, -0.25) is 4.79 Å². The van der Waals surface area contributed by atoms with Crippen LogP contribution in [-0.2, 0) is 7.05 Å². The number of carbonyl (C=O) groups is 1. The Hall–Kier alpha value is -2.55. The number of ether oxygens (including phenoxy) is 1. The Balaban J connectivity index is 1.82. The molecule has 1 aromatic heterocycles. The van der Waals surface area contributed by atoms with Crippen molar-refractivity contribution in [1.82, 2.24) is 4.57 Å². The van der Waals surface area contributed by atoms with Crippen LogP contribution in [0, 0.1) is 13.8 Å². The molecule has 0 fully saturated rings. The summed E-state index contributed by atoms with van der Waals surface area (Å²) in [4.78, 5) is 12.4. The summed E-state index contributed by atoms with van der Waals surface area (Å²) in [5.74, 6) is 0.755. The fraction of sp³-hybridized carbons (Fsp3) is 0.211. The fourth-order valence-corrected chi connectivity index (χ4v) is 2.68. The smallest absolute Gasteiger partial charge is 0.202 e. The highest BCUT2D eigenvalue weighted by Gasteiger charge is 2.15. The second-order valence-electron chi connectivity index (χ2n) is 5.53. The predicted octanol–water partition coefficient (Wildman–Crippen LogP) is 4.06. The van der Waals surface area contributed by atoms with Crippen molar-refractivity contribution in [2.24, 2.45) is 7.05 Å². The lowest BCUT2D eigenvalue weighted by atomic mass is 10.1. The minimum atomic E-state index is 0.00846. The van der Waals surface area contributed by atoms with Crippen molar-refractivity contribution >= 4 is 16.6 Å². The first-order valence-electron chi connectivity index (χ1n) is 7.34. The van der Waals surface area contributed by atoms with Gasteiger partial charge in [0.15, 0.2) is 6.61 Å². The van der Waals surface area contributed by atoms with Crippen LogP contribution in [0.25, 0.3) is 10.8 Å². The molecule has 0 bridgehead atoms. The van der Waals surface area contributed by atoms with Gasteiger partial charge in [0.1, 0.15) is 5.75 Å². The Morgan fingerprint density at radius 1 is 1.09 bits per heavy atom. The zero-order valence-corrected chi connectivity index (χ0v) is 13.1. The van der Waals surface area contributed by atoms with Gasteiger partial charge in [0.25, 0.3) is 0 Å². The van der Waals surface area contributed by atoms with Gasteiger partial charge in [-0.1, -0.05) is 36.4 Å². The third-order valence-electron chi connectivity index (χ3n) is 4.18. The van der Waals surface area contributed by atoms with Crippen LogP contribution < -0.4 is 4.74 Å². The Morgan fingerprint density at radius 3 is 2.55 bits per heavy atom. The highest BCUT2D eigenvalue weighted by Crippen LogP contribution is 2.25. The van der Waals surface area contributed by atoms with E-state index < -0.39 is 0 Å². The second-order valence-corrected chi connectivity index (χ2v) is 5.53. The lowest BCUT2D eigenvalue weighted by Gasteiger charge is -2.09. The molecule has 0 saturated carbocycles. The topological polar surface area (TPSA) is 31.2 Å². The first-order valence-corrected chi connectivity index (χ1v) is 7.34. The average molecular weight is 293 g/mol. The maximum absolute atomic E-state index is 12.4. The molecule has 0 aliphatic carbocycles. The van der Waals surface area contributed by atoms with E-state index in [1.165, 1.54) is 0 Å². The molecular weight excluding hydrogens is 274 g/mol. The quantitative estimate of drug-likeness (QED) is 0.679. The molecule has 3 rings (SSSR count). The van der Waals surface area contributed by atoms with Gasteiger partial charge in [-0.2, -0.15) is 0 Å². The summed E-state index contributed by atoms with van der Waals surface area (Å²) in [5.41, 5.74) is 2.79. The summed E-state index contributed by atoms with van der Waals surface area (Å²) in [7, 11) is 1.97. The summed E-state index contributed by atoms with van der Waals surface area (Å²) in [6.45, 7) is 4.01. The highest BCUT2D eigenvalue weighted by atomic mass is 16.5. The molecular formula is C19H19NO2. The van der Waals surface area contributed by atoms with E-state index >= 15 is 0 Å². The van der Waals surface area contributed by atoms with E-state index in [1.54, 1.807) is 0 Å². The number of rotatable bonds is 4. The van der Waals surface area contributed by atoms with E-state index in [-0.39, 0.29) is 12.4 Å². The third-order valence-corrected chi connectivity index (χ3v) is 4.18. The normalized spacial score (nSPS) is 10.9. The van der Waals surface area contributed by atoms with Crippen LogP contribution in [0.1, 0.15) is 21.7 Å². The van der Waals surface area contributed by atoms with Crippen LogP contribution in [0.15, 0.2) is 48.5 Å². The minimum Gasteiger partial charge on any atom is -0.485 e. The Bertz CT molecular complexity index is 841. The van der Waals surface area contributed by atoms with E-state index in [9.17, 15) is 4.79 Å². The lowest BCUT2D eigenvalue weighted by molar-refractivity contribution is 0.0922. The van der Waals surface area contributed by atoms with Crippen LogP contribution in [0.3, 0.4) is 0 Å². The Labute approximate surface area is 130 Å². The SMILES string of the molecule is Cc1cc(C(=O)COc2cccc3ccccc23)c(C)n1C. The molecule has 0 aliphatic rings. The van der Waals surface area contributed by atoms with Crippen molar-refractivity contribution in [3.05, 3.63) is 65.5 Å². The highest BCUT2D eigenvalue weighted by molar-refractivity contribution is 5.99. The van der Waals surface area contributed by atoms with Gasteiger partial charge in [-0.15, -0.1) is 0 Å². The molecule has 0 aliphatic heterocycles. The maximum Gasteiger partial charge on any atom is 0.202 e. The third kappa shape index (κ3) is 2.50. The van der Waals surface area contributed by atoms with Gasteiger partial charge in [-0.25, -0.2) is 0 Å². The average Bonchev–Trinajstić information content (AvgIpc) is 2.80. The zero-order valence-electron chi connectivity index (χ0n) is 13.1. The standard InChI is InChI=1S/C19H19NO2/c1-13-11-17(14(2)20(13)3)18(21)12-22-19-10-6-8-15-7-4-5-9-16(15)19/h4-11H,12H2,1-3H3. The van der Waals surface area contributed by atoms with Gasteiger partial charge < -0.3 is 9.30 Å². The van der Waals surface area contributed by atoms with Gasteiger partial charge in [0, 0.05) is 29.4 Å². The summed E-state index contributed by atoms with van der Waals surface area (Å²) < 4.78 is 7.80. The number of carbonyl (C=O) groups excluding carboxylic acids is 1. The number of benzene rings is 2. The molecule has 0 N–H and O–H groups in total. The number of hydrogen-bond donors (Lipinski definition) is 0. The number of nitrogens with zero attached hydrogens (tertiary/aromatic N) is 1. The van der Waals surface area contributed by atoms with Crippen molar-refractivity contribution in [3.63, 3.8) is 0 Å². The van der Waals surface area contributed by atoms with Gasteiger partial charge in [-0.05, 0) is 31.4 Å². The van der Waals surface area contributed by atoms with Crippen LogP contribution in [0.2, 0.25) is 0 Å². The summed E-state index contributed by atoms with van der Waals surface area (Å²) in [6, 6.07) is 15.8. The summed E-state index contributed by atoms with van der Waals surface area (Å²) in [6.07, 6.45) is 0. The van der Waals surface area contributed by atoms with E-state index in [4.69, 9.17) is 4.74 Å². The molecule has 0 unspecified atom stereocenters. The van der Waals surface area contributed by atoms with E-state index in [0.29, 0.717) is 0 Å². The molecule has 0 spiro atoms. The molecule has 0 saturated heterocycles. The van der Waals surface area contributed by atoms with E-state index in [0.717, 1.165) is 33.5 Å². The minimum absolute atomic E-state index is 0.00846. The number of aryl methyl sites for hydroxylation is 1. The lowest BCUT2D eigenvalue weighted by Crippen LogP contribution is -2.12. The van der Waals surface area contributed by atoms with Gasteiger partial charge >= 0.3 is 0 Å². The summed E-state index contributed by atoms with van der Waals surface area (Å²) >= 11 is 0. The molecule has 2 aromatic carbocycles. The molecule has 0 radical (unpaired) electrons. The number of fused-ring (bicyclic) bond motifs is 1. The van der Waals surface area contributed by atoms with E-state index in [2.05, 4.69) is 0 Å². The molecule has 3 aromatic rings. The monoisotopic (exact) mass is 293 g/mol. The van der Waals surface area contributed by atoms with Crippen LogP contribution in [0.5, 0.6) is 5.75 Å². The molecule has 0 amide bonds. The molecule has 1 heterocycles. The van der Waals surface area contributed by atoms with Crippen molar-refractivity contribution < 1.29 is 9.53 Å². The number of Topliss-reactive ketones (excluding diaryl/α,β-unsaturated/α-hetero) is 1. The van der Waals surface area contributed by atoms with Crippen molar-refractivity contribution in [2.75, 3.05) is 6.61 Å². The van der Waals surface area contributed by atoms with Crippen molar-refractivity contribution in [1.29, 1.82) is 0 Å². The van der Waals surface area contributed by atoms with Gasteiger partial charge in [0.2, 0.25) is 5.78 Å². The largest absolute Gasteiger partial charge is 0.485 e. The van der Waals surface area contributed by atoms with Crippen LogP contribution in [0.4, 0.5) is 0 Å². The second kappa shape index (κ2) is 5.68. The Morgan fingerprint density at radius 2 is 1.82 bits per heavy atom. The molecule has 22 heavy (non-hydrogen) atoms. The van der Waals surface area contributed by atoms with Crippen molar-refractivity contribution in [3.8, 4) is 5.75 Å². The molecule has 112 valence electrons. The first-order chi connectivity index (χ1) is 10.6. The van der Waals surface area contributed by atoms with Crippen LogP contribution in [-0.4, -0.2) is 17.0 Å². The molecule has 3 heteroatoms. The maximum atomic E-state index is 12.4. The zero-order chi connectivity index (χ0) is 15.7. The van der Waals surface area contributed by atoms with E-state index in [1.807, 2.05) is 74.0 Å². The predicted molar refractivity (Wildman–Crippen MR) is 88.7 cm³/mol. The van der Waals surface area contributed by atoms with Crippen LogP contribution >= 0.6 is 0 Å². The van der Waals surface area contributed by atoms with Gasteiger partial charge in [0.05, 0.1) is 0 Å². The number of ketones is 1. The Kier molecular flexibility index (Phi) is 3.72. The molecule has 3 nitrogen and oxygen atoms in total. The fourth-order valence-electron chi connectivity index (χ4n) is 2.68. The first kappa shape index (κ1) is 14.4. The number of hydrogen-bond acceptors (Lipinski definition) is 2. The summed E-state index contributed by atoms with van der Waals surface area (Å²) in [5, 5.41) is 2.14.